The molecule has 0 aliphatic carbocycles. The summed E-state index contributed by atoms with van der Waals surface area (Å²) in [6, 6.07) is 13.1. The van der Waals surface area contributed by atoms with Crippen LogP contribution in [0.2, 0.25) is 0 Å². The lowest BCUT2D eigenvalue weighted by Gasteiger charge is -2.44. The third-order valence-corrected chi connectivity index (χ3v) is 7.66. The second kappa shape index (κ2) is 14.0. The molecule has 0 aromatic heterocycles. The number of hydrogen-bond acceptors (Lipinski definition) is 8. The van der Waals surface area contributed by atoms with Gasteiger partial charge in [-0.15, -0.1) is 0 Å². The molecule has 2 heterocycles. The predicted molar refractivity (Wildman–Crippen MR) is 148 cm³/mol. The summed E-state index contributed by atoms with van der Waals surface area (Å²) in [4.78, 5) is 32.9. The van der Waals surface area contributed by atoms with Crippen LogP contribution in [0.4, 0.5) is 4.39 Å². The second-order valence-corrected chi connectivity index (χ2v) is 10.8. The molecule has 11 nitrogen and oxygen atoms in total. The second-order valence-electron chi connectivity index (χ2n) is 10.8. The Balaban J connectivity index is 0.000000316. The highest BCUT2D eigenvalue weighted by atomic mass is 19.1. The Hall–Kier alpha value is -3.74. The molecule has 0 amide bonds. The van der Waals surface area contributed by atoms with Crippen molar-refractivity contribution in [2.24, 2.45) is 0 Å². The molecule has 2 aromatic carbocycles. The Morgan fingerprint density at radius 3 is 2.10 bits per heavy atom. The summed E-state index contributed by atoms with van der Waals surface area (Å²) in [5.74, 6) is -3.77. The quantitative estimate of drug-likeness (QED) is 0.245. The molecule has 5 N–H and O–H groups in total. The van der Waals surface area contributed by atoms with Crippen LogP contribution in [0.3, 0.4) is 0 Å². The number of halogens is 1. The maximum absolute atomic E-state index is 14.4. The van der Waals surface area contributed by atoms with Crippen LogP contribution in [-0.2, 0) is 26.5 Å². The molecule has 0 spiro atoms. The SMILES string of the molecule is CCCOc1c(CN2C3CCC2CC(O)(c2ccccc2F)C3)cccc1OC.O=C(O)CC(O)(CC(=O)O)C(=O)O. The molecule has 230 valence electrons. The summed E-state index contributed by atoms with van der Waals surface area (Å²) >= 11 is 0. The average Bonchev–Trinajstić information content (AvgIpc) is 3.15. The Bertz CT molecular complexity index is 1240. The van der Waals surface area contributed by atoms with Crippen molar-refractivity contribution in [3.8, 4) is 11.5 Å². The minimum absolute atomic E-state index is 0.226. The van der Waals surface area contributed by atoms with E-state index in [9.17, 15) is 23.9 Å². The number of carboxylic acids is 3. The highest BCUT2D eigenvalue weighted by Gasteiger charge is 2.49. The summed E-state index contributed by atoms with van der Waals surface area (Å²) < 4.78 is 25.9. The number of methoxy groups -OCH3 is 1. The van der Waals surface area contributed by atoms with Crippen LogP contribution in [0.25, 0.3) is 0 Å². The molecule has 2 aliphatic heterocycles. The molecule has 2 atom stereocenters. The van der Waals surface area contributed by atoms with Crippen LogP contribution >= 0.6 is 0 Å². The first-order chi connectivity index (χ1) is 19.8. The summed E-state index contributed by atoms with van der Waals surface area (Å²) in [6.45, 7) is 3.48. The van der Waals surface area contributed by atoms with Gasteiger partial charge >= 0.3 is 17.9 Å². The maximum atomic E-state index is 14.4. The third kappa shape index (κ3) is 7.75. The van der Waals surface area contributed by atoms with Gasteiger partial charge in [0.2, 0.25) is 0 Å². The molecule has 2 bridgehead atoms. The van der Waals surface area contributed by atoms with E-state index < -0.39 is 42.0 Å². The van der Waals surface area contributed by atoms with Crippen molar-refractivity contribution in [2.45, 2.75) is 81.7 Å². The van der Waals surface area contributed by atoms with Gasteiger partial charge in [-0.25, -0.2) is 9.18 Å². The van der Waals surface area contributed by atoms with Crippen LogP contribution in [0.1, 0.15) is 63.0 Å². The normalized spacial score (nSPS) is 21.6. The van der Waals surface area contributed by atoms with Gasteiger partial charge in [0.05, 0.1) is 32.2 Å². The topological polar surface area (TPSA) is 174 Å². The van der Waals surface area contributed by atoms with Crippen molar-refractivity contribution in [1.82, 2.24) is 4.90 Å². The molecule has 2 aliphatic rings. The highest BCUT2D eigenvalue weighted by molar-refractivity contribution is 5.88. The van der Waals surface area contributed by atoms with E-state index >= 15 is 0 Å². The van der Waals surface area contributed by atoms with E-state index in [1.54, 1.807) is 25.3 Å². The predicted octanol–water partition coefficient (Wildman–Crippen LogP) is 3.39. The van der Waals surface area contributed by atoms with Crippen molar-refractivity contribution in [3.63, 3.8) is 0 Å². The smallest absolute Gasteiger partial charge is 0.336 e. The Morgan fingerprint density at radius 1 is 1.00 bits per heavy atom. The zero-order valence-corrected chi connectivity index (χ0v) is 23.7. The Labute approximate surface area is 243 Å². The molecule has 2 unspecified atom stereocenters. The van der Waals surface area contributed by atoms with Crippen molar-refractivity contribution in [2.75, 3.05) is 13.7 Å². The average molecular weight is 592 g/mol. The summed E-state index contributed by atoms with van der Waals surface area (Å²) in [5, 5.41) is 45.1. The monoisotopic (exact) mass is 591 g/mol. The lowest BCUT2D eigenvalue weighted by Crippen LogP contribution is -2.49. The molecular formula is C30H38FNO10. The molecule has 4 rings (SSSR count). The fraction of sp³-hybridized carbons (Fsp3) is 0.500. The van der Waals surface area contributed by atoms with Crippen LogP contribution in [0.15, 0.2) is 42.5 Å². The first-order valence-electron chi connectivity index (χ1n) is 13.7. The number of benzene rings is 2. The first kappa shape index (κ1) is 32.8. The number of fused-ring (bicyclic) bond motifs is 2. The maximum Gasteiger partial charge on any atom is 0.336 e. The van der Waals surface area contributed by atoms with Crippen molar-refractivity contribution >= 4 is 17.9 Å². The van der Waals surface area contributed by atoms with Gasteiger partial charge in [-0.3, -0.25) is 14.5 Å². The van der Waals surface area contributed by atoms with E-state index in [0.29, 0.717) is 25.0 Å². The highest BCUT2D eigenvalue weighted by Crippen LogP contribution is 2.47. The molecule has 2 aromatic rings. The molecule has 0 radical (unpaired) electrons. The third-order valence-electron chi connectivity index (χ3n) is 7.66. The lowest BCUT2D eigenvalue weighted by molar-refractivity contribution is -0.170. The van der Waals surface area contributed by atoms with Gasteiger partial charge < -0.3 is 35.0 Å². The Kier molecular flexibility index (Phi) is 10.9. The fourth-order valence-corrected chi connectivity index (χ4v) is 5.76. The zero-order valence-electron chi connectivity index (χ0n) is 23.7. The summed E-state index contributed by atoms with van der Waals surface area (Å²) in [5.41, 5.74) is -2.29. The molecule has 2 saturated heterocycles. The molecule has 2 fully saturated rings. The van der Waals surface area contributed by atoms with Crippen LogP contribution in [0.5, 0.6) is 11.5 Å². The number of aliphatic hydroxyl groups is 2. The minimum atomic E-state index is -2.74. The van der Waals surface area contributed by atoms with Gasteiger partial charge in [0.25, 0.3) is 0 Å². The van der Waals surface area contributed by atoms with Crippen LogP contribution in [0, 0.1) is 5.82 Å². The van der Waals surface area contributed by atoms with Gasteiger partial charge in [0.15, 0.2) is 17.1 Å². The standard InChI is InChI=1S/C24H30FNO3.C6H8O7/c1-3-13-29-23-17(7-6-10-22(23)28-2)16-26-18-11-12-19(26)15-24(27,14-18)20-8-4-5-9-21(20)25;7-3(8)1-6(13,5(11)12)2-4(9)10/h4-10,18-19,27H,3,11-16H2,1-2H3;13H,1-2H2,(H,7,8)(H,9,10)(H,11,12). The first-order valence-corrected chi connectivity index (χ1v) is 13.7. The van der Waals surface area contributed by atoms with Crippen molar-refractivity contribution < 1.29 is 53.8 Å². The van der Waals surface area contributed by atoms with Gasteiger partial charge in [-0.1, -0.05) is 37.3 Å². The summed E-state index contributed by atoms with van der Waals surface area (Å²) in [7, 11) is 1.66. The fourth-order valence-electron chi connectivity index (χ4n) is 5.76. The van der Waals surface area contributed by atoms with Gasteiger partial charge in [-0.2, -0.15) is 0 Å². The van der Waals surface area contributed by atoms with E-state index in [4.69, 9.17) is 29.9 Å². The van der Waals surface area contributed by atoms with Gasteiger partial charge in [0, 0.05) is 29.8 Å². The summed E-state index contributed by atoms with van der Waals surface area (Å²) in [6.07, 6.45) is 1.80. The van der Waals surface area contributed by atoms with Crippen molar-refractivity contribution in [3.05, 3.63) is 59.4 Å². The van der Waals surface area contributed by atoms with E-state index in [1.165, 1.54) is 6.07 Å². The van der Waals surface area contributed by atoms with E-state index in [2.05, 4.69) is 17.9 Å². The number of para-hydroxylation sites is 1. The zero-order chi connectivity index (χ0) is 31.1. The lowest BCUT2D eigenvalue weighted by atomic mass is 9.80. The minimum Gasteiger partial charge on any atom is -0.493 e. The number of aliphatic carboxylic acids is 3. The largest absolute Gasteiger partial charge is 0.493 e. The van der Waals surface area contributed by atoms with E-state index in [0.717, 1.165) is 42.9 Å². The molecule has 42 heavy (non-hydrogen) atoms. The molecule has 0 saturated carbocycles. The number of hydrogen-bond donors (Lipinski definition) is 5. The van der Waals surface area contributed by atoms with Gasteiger partial charge in [-0.05, 0) is 44.2 Å². The number of ether oxygens (including phenoxy) is 2. The number of piperidine rings is 1. The molecular weight excluding hydrogens is 553 g/mol. The Morgan fingerprint density at radius 2 is 1.60 bits per heavy atom. The van der Waals surface area contributed by atoms with Crippen molar-refractivity contribution in [1.29, 1.82) is 0 Å². The van der Waals surface area contributed by atoms with Gasteiger partial charge in [0.1, 0.15) is 5.82 Å². The number of nitrogens with zero attached hydrogens (tertiary/aromatic N) is 1. The van der Waals surface area contributed by atoms with Crippen LogP contribution < -0.4 is 9.47 Å². The van der Waals surface area contributed by atoms with Crippen LogP contribution in [-0.4, -0.2) is 79.7 Å². The number of rotatable bonds is 12. The number of carbonyl (C=O) groups is 3. The van der Waals surface area contributed by atoms with E-state index in [-0.39, 0.29) is 17.9 Å². The van der Waals surface area contributed by atoms with E-state index in [1.807, 2.05) is 12.1 Å². The number of carboxylic acid groups (broad SMARTS) is 3. The molecule has 12 heteroatoms.